The van der Waals surface area contributed by atoms with Crippen LogP contribution < -0.4 is 0 Å². The zero-order chi connectivity index (χ0) is 90.1. The van der Waals surface area contributed by atoms with Gasteiger partial charge in [0, 0.05) is 113 Å². The van der Waals surface area contributed by atoms with E-state index < -0.39 is 0 Å². The highest BCUT2D eigenvalue weighted by Crippen LogP contribution is 2.49. The maximum atomic E-state index is 6.80. The monoisotopic (exact) mass is 1770 g/mol. The normalized spacial score (nSPS) is 11.8. The van der Waals surface area contributed by atoms with Crippen molar-refractivity contribution in [2.45, 2.75) is 0 Å². The minimum absolute atomic E-state index is 0.550. The van der Waals surface area contributed by atoms with E-state index in [2.05, 4.69) is 410 Å². The molecule has 0 amide bonds. The Morgan fingerprint density at radius 3 is 0.985 bits per heavy atom. The molecule has 0 aliphatic carbocycles. The summed E-state index contributed by atoms with van der Waals surface area (Å²) < 4.78 is 20.5. The van der Waals surface area contributed by atoms with Crippen molar-refractivity contribution in [1.29, 1.82) is 0 Å². The number of rotatable bonds is 16. The van der Waals surface area contributed by atoms with E-state index in [1.165, 1.54) is 26.6 Å². The molecule has 0 fully saturated rings. The van der Waals surface area contributed by atoms with Gasteiger partial charge in [-0.15, -0.1) is 11.3 Å². The summed E-state index contributed by atoms with van der Waals surface area (Å²) >= 11 is 1.79. The van der Waals surface area contributed by atoms with Crippen molar-refractivity contribution < 1.29 is 8.83 Å². The summed E-state index contributed by atoms with van der Waals surface area (Å²) in [4.78, 5) is 42.6. The van der Waals surface area contributed by atoms with Crippen LogP contribution in [0.4, 0.5) is 0 Å². The lowest BCUT2D eigenvalue weighted by Crippen LogP contribution is -2.03. The van der Waals surface area contributed by atoms with Gasteiger partial charge < -0.3 is 13.4 Å². The molecule has 27 aromatic rings. The third-order valence-electron chi connectivity index (χ3n) is 26.7. The van der Waals surface area contributed by atoms with Gasteiger partial charge in [0.1, 0.15) is 22.3 Å². The zero-order valence-electron chi connectivity index (χ0n) is 73.4. The smallest absolute Gasteiger partial charge is 0.235 e. The summed E-state index contributed by atoms with van der Waals surface area (Å²) in [5, 5.41) is 10.9. The van der Waals surface area contributed by atoms with E-state index in [4.69, 9.17) is 48.7 Å². The molecule has 0 spiro atoms. The van der Waals surface area contributed by atoms with E-state index in [0.717, 1.165) is 209 Å². The highest BCUT2D eigenvalue weighted by molar-refractivity contribution is 7.26. The fourth-order valence-corrected chi connectivity index (χ4v) is 21.5. The fraction of sp³-hybridized carbons (Fsp3) is 0. The summed E-state index contributed by atoms with van der Waals surface area (Å²) in [6.07, 6.45) is 0. The molecule has 0 bridgehead atoms. The van der Waals surface area contributed by atoms with Crippen molar-refractivity contribution in [3.63, 3.8) is 0 Å². The summed E-state index contributed by atoms with van der Waals surface area (Å²) in [5.41, 5.74) is 30.3. The number of hydrogen-bond acceptors (Lipinski definition) is 11. The van der Waals surface area contributed by atoms with Crippen molar-refractivity contribution in [1.82, 2.24) is 49.0 Å². The van der Waals surface area contributed by atoms with Crippen LogP contribution in [0.15, 0.2) is 458 Å². The maximum absolute atomic E-state index is 6.80. The third kappa shape index (κ3) is 13.7. The van der Waals surface area contributed by atoms with Crippen molar-refractivity contribution in [3.05, 3.63) is 449 Å². The number of para-hydroxylation sites is 2. The molecule has 0 saturated heterocycles. The molecule has 0 aliphatic rings. The minimum Gasteiger partial charge on any atom is -0.456 e. The number of furan rings is 2. The zero-order valence-corrected chi connectivity index (χ0v) is 74.2. The van der Waals surface area contributed by atoms with Crippen LogP contribution in [0.5, 0.6) is 0 Å². The molecule has 0 radical (unpaired) electrons. The first-order chi connectivity index (χ1) is 67.8. The molecule has 638 valence electrons. The number of benzene rings is 19. The summed E-state index contributed by atoms with van der Waals surface area (Å²) in [6, 6.07) is 158. The summed E-state index contributed by atoms with van der Waals surface area (Å²) in [7, 11) is 0. The van der Waals surface area contributed by atoms with Gasteiger partial charge in [0.05, 0.1) is 33.5 Å². The van der Waals surface area contributed by atoms with Crippen molar-refractivity contribution in [2.75, 3.05) is 0 Å². The van der Waals surface area contributed by atoms with E-state index in [1.54, 1.807) is 11.3 Å². The largest absolute Gasteiger partial charge is 0.456 e. The maximum Gasteiger partial charge on any atom is 0.235 e. The Kier molecular flexibility index (Phi) is 18.5. The van der Waals surface area contributed by atoms with E-state index in [1.807, 2.05) is 48.5 Å². The number of nitrogens with zero attached hydrogens (tertiary/aromatic N) is 10. The molecule has 8 heterocycles. The molecule has 0 aliphatic heterocycles. The highest BCUT2D eigenvalue weighted by atomic mass is 32.1. The number of aromatic nitrogens is 10. The van der Waals surface area contributed by atoms with Crippen LogP contribution in [-0.2, 0) is 0 Å². The molecule has 13 heteroatoms. The van der Waals surface area contributed by atoms with Gasteiger partial charge in [-0.2, -0.15) is 0 Å². The predicted octanol–water partition coefficient (Wildman–Crippen LogP) is 32.5. The molecular formula is C124H74N10O2S. The van der Waals surface area contributed by atoms with Crippen LogP contribution in [0.3, 0.4) is 0 Å². The first kappa shape index (κ1) is 78.5. The average molecular weight is 1770 g/mol. The molecule has 0 unspecified atom stereocenters. The van der Waals surface area contributed by atoms with Gasteiger partial charge in [-0.3, -0.25) is 4.57 Å². The molecule has 12 nitrogen and oxygen atoms in total. The van der Waals surface area contributed by atoms with Gasteiger partial charge in [-0.05, 0) is 188 Å². The first-order valence-corrected chi connectivity index (χ1v) is 46.7. The lowest BCUT2D eigenvalue weighted by atomic mass is 9.95. The van der Waals surface area contributed by atoms with Crippen molar-refractivity contribution >= 4 is 119 Å². The molecule has 137 heavy (non-hydrogen) atoms. The molecule has 0 N–H and O–H groups in total. The Labute approximate surface area is 789 Å². The summed E-state index contributed by atoms with van der Waals surface area (Å²) in [6.45, 7) is 0. The Hall–Kier alpha value is -18.3. The standard InChI is InChI=1S/C124H74N10O2S/c1-7-28-75(29-8-1)94-49-24-50-96-97-51-25-52-98(117(97)137-116(94)96)123-131-119(79-36-15-5-16-37-79)129-122(132-123)90-43-23-40-87(68-90)93-48-27-55-113-115(93)103-73-85(60-65-111(103)136-113)83-57-62-108-101(71-83)100-70-81(56-61-107(100)133(108)91-44-17-6-18-45-91)80-38-21-41-88(66-80)120-127-118(78-34-13-4-14-35-78)128-121(130-120)89-42-22-39-86(67-89)92-47-26-54-112-114(92)102-72-84(59-64-110(102)135-112)82-58-63-109-99(69-82)95-46-19-20-53-106(95)134(109)124-125-104(76-30-9-2-10-31-76)74-105(126-124)77-32-11-3-12-33-77/h1-74H. The van der Waals surface area contributed by atoms with Crippen LogP contribution in [0.25, 0.3) is 277 Å². The fourth-order valence-electron chi connectivity index (χ4n) is 20.2. The van der Waals surface area contributed by atoms with Gasteiger partial charge in [-0.1, -0.05) is 328 Å². The Morgan fingerprint density at radius 2 is 0.496 bits per heavy atom. The van der Waals surface area contributed by atoms with E-state index in [-0.39, 0.29) is 0 Å². The van der Waals surface area contributed by atoms with Gasteiger partial charge in [0.25, 0.3) is 0 Å². The molecule has 0 atom stereocenters. The molecule has 19 aromatic carbocycles. The minimum atomic E-state index is 0.550. The van der Waals surface area contributed by atoms with Gasteiger partial charge in [-0.25, -0.2) is 39.9 Å². The van der Waals surface area contributed by atoms with Crippen LogP contribution in [-0.4, -0.2) is 49.0 Å². The molecular weight excluding hydrogens is 1690 g/mol. The lowest BCUT2D eigenvalue weighted by Gasteiger charge is -2.12. The van der Waals surface area contributed by atoms with Crippen LogP contribution in [0, 0.1) is 0 Å². The summed E-state index contributed by atoms with van der Waals surface area (Å²) in [5.74, 6) is 4.08. The number of fused-ring (bicyclic) bond motifs is 15. The van der Waals surface area contributed by atoms with Crippen LogP contribution in [0.1, 0.15) is 0 Å². The van der Waals surface area contributed by atoms with E-state index in [9.17, 15) is 0 Å². The second-order valence-electron chi connectivity index (χ2n) is 34.8. The number of thiophene rings is 1. The SMILES string of the molecule is c1ccc(-c2cc(-c3ccccc3)nc(-n3c4ccccc4c4cc(-c5ccc6oc7cccc(-c8cccc(-c9nc(-c%10ccccc%10)nc(-c%10cccc(-c%11ccc%12c(c%11)c%11cc(-c%13ccc%14oc%15cccc(-c%16cccc(-c%17nc(-c%18ccccc%18)nc(-c%18cccc%19c%18sc%18c(-c%20ccccc%20)cccc%18%19)n%17)c%16)c%15c%14c%13)ccc%11n%12-c%11ccccc%11)c%10)n9)c8)c7c6c5)ccc43)n2)cc1. The molecule has 8 aromatic heterocycles. The second-order valence-corrected chi connectivity index (χ2v) is 35.8. The van der Waals surface area contributed by atoms with Gasteiger partial charge >= 0.3 is 0 Å². The van der Waals surface area contributed by atoms with Gasteiger partial charge in [0.15, 0.2) is 34.9 Å². The number of hydrogen-bond donors (Lipinski definition) is 0. The quantitative estimate of drug-likeness (QED) is 0.0918. The Balaban J connectivity index is 0.523. The third-order valence-corrected chi connectivity index (χ3v) is 28.0. The second kappa shape index (κ2) is 32.3. The topological polar surface area (TPSA) is 139 Å². The van der Waals surface area contributed by atoms with Crippen molar-refractivity contribution in [2.24, 2.45) is 0 Å². The van der Waals surface area contributed by atoms with Crippen molar-refractivity contribution in [3.8, 4) is 169 Å². The highest BCUT2D eigenvalue weighted by Gasteiger charge is 2.26. The van der Waals surface area contributed by atoms with E-state index >= 15 is 0 Å². The van der Waals surface area contributed by atoms with Crippen LogP contribution in [0.2, 0.25) is 0 Å². The first-order valence-electron chi connectivity index (χ1n) is 45.9. The lowest BCUT2D eigenvalue weighted by molar-refractivity contribution is 0.668. The Morgan fingerprint density at radius 1 is 0.175 bits per heavy atom. The molecule has 0 saturated carbocycles. The average Bonchev–Trinajstić information content (AvgIpc) is 1.60. The van der Waals surface area contributed by atoms with E-state index in [0.29, 0.717) is 40.9 Å². The predicted molar refractivity (Wildman–Crippen MR) is 561 cm³/mol. The molecule has 27 rings (SSSR count). The van der Waals surface area contributed by atoms with Gasteiger partial charge in [0.2, 0.25) is 5.95 Å². The van der Waals surface area contributed by atoms with Crippen LogP contribution >= 0.6 is 11.3 Å². The Bertz CT molecular complexity index is 9490.